The number of ether oxygens (including phenoxy) is 1. The smallest absolute Gasteiger partial charge is 0.158 e. The molecule has 0 bridgehead atoms. The van der Waals surface area contributed by atoms with Gasteiger partial charge in [-0.2, -0.15) is 0 Å². The maximum absolute atomic E-state index is 11.4. The van der Waals surface area contributed by atoms with Crippen LogP contribution in [0.2, 0.25) is 5.15 Å². The van der Waals surface area contributed by atoms with Crippen LogP contribution in [0.3, 0.4) is 0 Å². The molecular formula is C10H14ClN3O3S. The summed E-state index contributed by atoms with van der Waals surface area (Å²) in [5.74, 6) is 1.44. The van der Waals surface area contributed by atoms with E-state index in [1.54, 1.807) is 13.2 Å². The van der Waals surface area contributed by atoms with Gasteiger partial charge in [-0.25, -0.2) is 18.4 Å². The highest BCUT2D eigenvalue weighted by molar-refractivity contribution is 7.91. The zero-order valence-corrected chi connectivity index (χ0v) is 11.5. The Morgan fingerprint density at radius 2 is 2.06 bits per heavy atom. The second-order valence-electron chi connectivity index (χ2n) is 4.04. The van der Waals surface area contributed by atoms with Gasteiger partial charge in [-0.1, -0.05) is 11.6 Å². The molecule has 2 rings (SSSR count). The van der Waals surface area contributed by atoms with E-state index in [0.29, 0.717) is 29.9 Å². The molecule has 0 radical (unpaired) electrons. The van der Waals surface area contributed by atoms with Crippen molar-refractivity contribution in [2.45, 2.75) is 6.61 Å². The first kappa shape index (κ1) is 13.5. The van der Waals surface area contributed by atoms with Crippen LogP contribution in [0.25, 0.3) is 0 Å². The molecule has 1 saturated heterocycles. The van der Waals surface area contributed by atoms with Crippen LogP contribution >= 0.6 is 11.6 Å². The van der Waals surface area contributed by atoms with Crippen LogP contribution in [-0.2, 0) is 21.2 Å². The van der Waals surface area contributed by atoms with Crippen molar-refractivity contribution < 1.29 is 13.2 Å². The van der Waals surface area contributed by atoms with E-state index in [4.69, 9.17) is 16.3 Å². The predicted octanol–water partition coefficient (Wildman–Crippen LogP) is 0.511. The molecule has 0 spiro atoms. The van der Waals surface area contributed by atoms with Crippen LogP contribution in [0.1, 0.15) is 5.82 Å². The summed E-state index contributed by atoms with van der Waals surface area (Å²) in [7, 11) is -1.34. The molecule has 0 saturated carbocycles. The van der Waals surface area contributed by atoms with E-state index < -0.39 is 9.84 Å². The van der Waals surface area contributed by atoms with Crippen LogP contribution in [-0.4, -0.2) is 50.1 Å². The van der Waals surface area contributed by atoms with E-state index in [1.807, 2.05) is 4.90 Å². The van der Waals surface area contributed by atoms with Crippen LogP contribution in [0.4, 0.5) is 5.82 Å². The van der Waals surface area contributed by atoms with Crippen LogP contribution < -0.4 is 4.90 Å². The van der Waals surface area contributed by atoms with Crippen molar-refractivity contribution in [3.05, 3.63) is 17.0 Å². The van der Waals surface area contributed by atoms with Gasteiger partial charge in [0, 0.05) is 26.3 Å². The van der Waals surface area contributed by atoms with Gasteiger partial charge in [0.1, 0.15) is 17.6 Å². The first-order chi connectivity index (χ1) is 8.50. The van der Waals surface area contributed by atoms with Crippen molar-refractivity contribution in [2.24, 2.45) is 0 Å². The molecule has 1 aromatic rings. The van der Waals surface area contributed by atoms with Gasteiger partial charge < -0.3 is 9.64 Å². The summed E-state index contributed by atoms with van der Waals surface area (Å²) in [6, 6.07) is 1.64. The molecule has 0 atom stereocenters. The minimum absolute atomic E-state index is 0.147. The number of rotatable bonds is 3. The third-order valence-electron chi connectivity index (χ3n) is 2.67. The predicted molar refractivity (Wildman–Crippen MR) is 68.6 cm³/mol. The summed E-state index contributed by atoms with van der Waals surface area (Å²) in [5, 5.41) is 0.334. The Morgan fingerprint density at radius 3 is 2.67 bits per heavy atom. The van der Waals surface area contributed by atoms with Gasteiger partial charge in [0.05, 0.1) is 11.5 Å². The van der Waals surface area contributed by atoms with Crippen molar-refractivity contribution >= 4 is 27.3 Å². The fraction of sp³-hybridized carbons (Fsp3) is 0.600. The molecule has 1 fully saturated rings. The number of methoxy groups -OCH3 is 1. The molecule has 1 aromatic heterocycles. The Balaban J connectivity index is 2.18. The molecule has 1 aliphatic heterocycles. The average Bonchev–Trinajstić information content (AvgIpc) is 2.28. The molecule has 1 aliphatic rings. The Kier molecular flexibility index (Phi) is 4.04. The van der Waals surface area contributed by atoms with Crippen LogP contribution in [0, 0.1) is 0 Å². The number of aromatic nitrogens is 2. The summed E-state index contributed by atoms with van der Waals surface area (Å²) in [4.78, 5) is 10.2. The standard InChI is InChI=1S/C10H14ClN3O3S/c1-17-7-9-12-8(11)6-10(13-9)14-2-4-18(15,16)5-3-14/h6H,2-5,7H2,1H3. The summed E-state index contributed by atoms with van der Waals surface area (Å²) in [5.41, 5.74) is 0. The van der Waals surface area contributed by atoms with Gasteiger partial charge in [0.2, 0.25) is 0 Å². The minimum Gasteiger partial charge on any atom is -0.377 e. The van der Waals surface area contributed by atoms with Gasteiger partial charge in [-0.15, -0.1) is 0 Å². The summed E-state index contributed by atoms with van der Waals surface area (Å²) in [6.07, 6.45) is 0. The van der Waals surface area contributed by atoms with Crippen molar-refractivity contribution in [2.75, 3.05) is 36.6 Å². The first-order valence-corrected chi connectivity index (χ1v) is 7.68. The van der Waals surface area contributed by atoms with E-state index in [2.05, 4.69) is 9.97 Å². The Bertz CT molecular complexity index is 521. The zero-order chi connectivity index (χ0) is 13.2. The second kappa shape index (κ2) is 5.38. The lowest BCUT2D eigenvalue weighted by Crippen LogP contribution is -2.40. The lowest BCUT2D eigenvalue weighted by Gasteiger charge is -2.27. The highest BCUT2D eigenvalue weighted by Crippen LogP contribution is 2.18. The van der Waals surface area contributed by atoms with Gasteiger partial charge >= 0.3 is 0 Å². The lowest BCUT2D eigenvalue weighted by atomic mass is 10.4. The number of hydrogen-bond acceptors (Lipinski definition) is 6. The molecule has 0 N–H and O–H groups in total. The topological polar surface area (TPSA) is 72.4 Å². The molecular weight excluding hydrogens is 278 g/mol. The van der Waals surface area contributed by atoms with Crippen molar-refractivity contribution in [1.82, 2.24) is 9.97 Å². The van der Waals surface area contributed by atoms with E-state index >= 15 is 0 Å². The maximum atomic E-state index is 11.4. The summed E-state index contributed by atoms with van der Waals surface area (Å²) < 4.78 is 27.7. The quantitative estimate of drug-likeness (QED) is 0.756. The Labute approximate surface area is 111 Å². The van der Waals surface area contributed by atoms with Gasteiger partial charge in [0.15, 0.2) is 15.7 Å². The molecule has 0 aliphatic carbocycles. The van der Waals surface area contributed by atoms with Gasteiger partial charge in [-0.3, -0.25) is 0 Å². The van der Waals surface area contributed by atoms with Crippen LogP contribution in [0.15, 0.2) is 6.07 Å². The monoisotopic (exact) mass is 291 g/mol. The van der Waals surface area contributed by atoms with E-state index in [0.717, 1.165) is 0 Å². The Hall–Kier alpha value is -0.920. The number of anilines is 1. The van der Waals surface area contributed by atoms with Gasteiger partial charge in [-0.05, 0) is 0 Å². The fourth-order valence-electron chi connectivity index (χ4n) is 1.75. The fourth-order valence-corrected chi connectivity index (χ4v) is 3.15. The lowest BCUT2D eigenvalue weighted by molar-refractivity contribution is 0.178. The molecule has 6 nitrogen and oxygen atoms in total. The van der Waals surface area contributed by atoms with E-state index in [1.165, 1.54) is 0 Å². The molecule has 0 aromatic carbocycles. The zero-order valence-electron chi connectivity index (χ0n) is 9.97. The van der Waals surface area contributed by atoms with Gasteiger partial charge in [0.25, 0.3) is 0 Å². The molecule has 0 unspecified atom stereocenters. The van der Waals surface area contributed by atoms with E-state index in [-0.39, 0.29) is 18.1 Å². The van der Waals surface area contributed by atoms with Crippen molar-refractivity contribution in [3.8, 4) is 0 Å². The van der Waals surface area contributed by atoms with Crippen LogP contribution in [0.5, 0.6) is 0 Å². The van der Waals surface area contributed by atoms with Crippen molar-refractivity contribution in [3.63, 3.8) is 0 Å². The third kappa shape index (κ3) is 3.30. The summed E-state index contributed by atoms with van der Waals surface area (Å²) in [6.45, 7) is 1.14. The SMILES string of the molecule is COCc1nc(Cl)cc(N2CCS(=O)(=O)CC2)n1. The number of nitrogens with zero attached hydrogens (tertiary/aromatic N) is 3. The van der Waals surface area contributed by atoms with Crippen molar-refractivity contribution in [1.29, 1.82) is 0 Å². The second-order valence-corrected chi connectivity index (χ2v) is 6.73. The average molecular weight is 292 g/mol. The van der Waals surface area contributed by atoms with E-state index in [9.17, 15) is 8.42 Å². The maximum Gasteiger partial charge on any atom is 0.158 e. The molecule has 8 heteroatoms. The Morgan fingerprint density at radius 1 is 1.39 bits per heavy atom. The highest BCUT2D eigenvalue weighted by Gasteiger charge is 2.23. The molecule has 18 heavy (non-hydrogen) atoms. The molecule has 0 amide bonds. The minimum atomic E-state index is -2.90. The molecule has 100 valence electrons. The third-order valence-corrected chi connectivity index (χ3v) is 4.47. The highest BCUT2D eigenvalue weighted by atomic mass is 35.5. The number of hydrogen-bond donors (Lipinski definition) is 0. The largest absolute Gasteiger partial charge is 0.377 e. The number of halogens is 1. The summed E-state index contributed by atoms with van der Waals surface area (Å²) >= 11 is 5.91. The molecule has 2 heterocycles. The first-order valence-electron chi connectivity index (χ1n) is 5.48. The number of sulfone groups is 1. The normalized spacial score (nSPS) is 18.9.